The van der Waals surface area contributed by atoms with E-state index in [4.69, 9.17) is 4.74 Å². The second-order valence-electron chi connectivity index (χ2n) is 9.13. The molecule has 5 heteroatoms. The molecule has 0 saturated heterocycles. The van der Waals surface area contributed by atoms with Gasteiger partial charge in [0.05, 0.1) is 11.6 Å². The smallest absolute Gasteiger partial charge is 0.138 e. The van der Waals surface area contributed by atoms with Crippen LogP contribution in [0.25, 0.3) is 29.2 Å². The van der Waals surface area contributed by atoms with E-state index in [1.54, 1.807) is 35.6 Å². The zero-order chi connectivity index (χ0) is 29.1. The number of allylic oxidation sites excluding steroid dienone is 8. The van der Waals surface area contributed by atoms with Crippen molar-refractivity contribution in [3.63, 3.8) is 0 Å². The molecule has 0 aliphatic carbocycles. The molecule has 1 aliphatic rings. The van der Waals surface area contributed by atoms with Gasteiger partial charge in [0.25, 0.3) is 0 Å². The minimum Gasteiger partial charge on any atom is -0.456 e. The Bertz CT molecular complexity index is 1830. The van der Waals surface area contributed by atoms with Gasteiger partial charge in [0.1, 0.15) is 29.2 Å². The number of benzene rings is 3. The van der Waals surface area contributed by atoms with Crippen LogP contribution in [-0.2, 0) is 4.74 Å². The fourth-order valence-electron chi connectivity index (χ4n) is 4.39. The van der Waals surface area contributed by atoms with Crippen molar-refractivity contribution in [2.75, 3.05) is 0 Å². The molecule has 0 N–H and O–H groups in total. The van der Waals surface area contributed by atoms with Gasteiger partial charge in [-0.1, -0.05) is 97.1 Å². The molecule has 0 radical (unpaired) electrons. The summed E-state index contributed by atoms with van der Waals surface area (Å²) in [6.45, 7) is 0. The lowest BCUT2D eigenvalue weighted by Gasteiger charge is -2.19. The third-order valence-corrected chi connectivity index (χ3v) is 7.34. The molecule has 0 saturated carbocycles. The first-order valence-corrected chi connectivity index (χ1v) is 13.9. The summed E-state index contributed by atoms with van der Waals surface area (Å²) in [4.78, 5) is 2.05. The van der Waals surface area contributed by atoms with Crippen LogP contribution in [0.2, 0.25) is 0 Å². The quantitative estimate of drug-likeness (QED) is 0.168. The Labute approximate surface area is 249 Å². The molecule has 1 aromatic heterocycles. The highest BCUT2D eigenvalue weighted by molar-refractivity contribution is 7.13. The van der Waals surface area contributed by atoms with E-state index in [0.29, 0.717) is 11.1 Å². The Morgan fingerprint density at radius 3 is 1.74 bits per heavy atom. The van der Waals surface area contributed by atoms with Crippen LogP contribution >= 0.6 is 11.3 Å². The topological polar surface area (TPSA) is 80.6 Å². The van der Waals surface area contributed by atoms with E-state index in [2.05, 4.69) is 12.1 Å². The molecular weight excluding hydrogens is 534 g/mol. The van der Waals surface area contributed by atoms with E-state index in [9.17, 15) is 15.8 Å². The first-order valence-electron chi connectivity index (χ1n) is 13.1. The van der Waals surface area contributed by atoms with E-state index in [1.807, 2.05) is 121 Å². The monoisotopic (exact) mass is 557 g/mol. The van der Waals surface area contributed by atoms with Crippen LogP contribution in [0.15, 0.2) is 144 Å². The molecule has 0 spiro atoms. The van der Waals surface area contributed by atoms with Gasteiger partial charge in [0.2, 0.25) is 0 Å². The van der Waals surface area contributed by atoms with Crippen molar-refractivity contribution in [2.24, 2.45) is 0 Å². The van der Waals surface area contributed by atoms with Crippen LogP contribution in [0.1, 0.15) is 26.4 Å². The molecule has 3 aromatic carbocycles. The number of thiophene rings is 1. The number of ether oxygens (including phenoxy) is 1. The SMILES string of the molecule is N#CC(C#N)=C(/C(C#N)=C/C=C/c1ccc(C=C2C=C(c3ccccc3)OC(c3ccccc3)=C2)s1)c1ccccc1. The van der Waals surface area contributed by atoms with Crippen molar-refractivity contribution >= 4 is 40.6 Å². The Balaban J connectivity index is 1.44. The van der Waals surface area contributed by atoms with Gasteiger partial charge in [-0.2, -0.15) is 15.8 Å². The summed E-state index contributed by atoms with van der Waals surface area (Å²) < 4.78 is 6.30. The summed E-state index contributed by atoms with van der Waals surface area (Å²) >= 11 is 1.61. The lowest BCUT2D eigenvalue weighted by Crippen LogP contribution is -1.99. The normalized spacial score (nSPS) is 12.7. The van der Waals surface area contributed by atoms with E-state index >= 15 is 0 Å². The first kappa shape index (κ1) is 27.6. The van der Waals surface area contributed by atoms with Gasteiger partial charge < -0.3 is 4.74 Å². The van der Waals surface area contributed by atoms with Crippen molar-refractivity contribution in [1.82, 2.24) is 0 Å². The van der Waals surface area contributed by atoms with Crippen molar-refractivity contribution in [3.05, 3.63) is 171 Å². The minimum absolute atomic E-state index is 0.102. The van der Waals surface area contributed by atoms with Crippen molar-refractivity contribution in [2.45, 2.75) is 0 Å². The average molecular weight is 558 g/mol. The molecule has 0 amide bonds. The lowest BCUT2D eigenvalue weighted by atomic mass is 9.94. The number of hydrogen-bond donors (Lipinski definition) is 0. The van der Waals surface area contributed by atoms with Crippen LogP contribution < -0.4 is 0 Å². The lowest BCUT2D eigenvalue weighted by molar-refractivity contribution is 0.467. The Morgan fingerprint density at radius 1 is 0.643 bits per heavy atom. The number of rotatable bonds is 7. The minimum atomic E-state index is -0.102. The third-order valence-electron chi connectivity index (χ3n) is 6.34. The van der Waals surface area contributed by atoms with Crippen molar-refractivity contribution in [3.8, 4) is 18.2 Å². The van der Waals surface area contributed by atoms with E-state index in [-0.39, 0.29) is 11.1 Å². The molecule has 0 unspecified atom stereocenters. The molecular formula is C37H23N3OS. The molecule has 1 aliphatic heterocycles. The molecule has 5 rings (SSSR count). The van der Waals surface area contributed by atoms with E-state index in [1.165, 1.54) is 0 Å². The fourth-order valence-corrected chi connectivity index (χ4v) is 5.27. The summed E-state index contributed by atoms with van der Waals surface area (Å²) in [5.74, 6) is 1.57. The van der Waals surface area contributed by atoms with Gasteiger partial charge in [0.15, 0.2) is 0 Å². The second-order valence-corrected chi connectivity index (χ2v) is 10.3. The van der Waals surface area contributed by atoms with Gasteiger partial charge in [-0.25, -0.2) is 0 Å². The Morgan fingerprint density at radius 2 is 1.19 bits per heavy atom. The third kappa shape index (κ3) is 6.61. The van der Waals surface area contributed by atoms with E-state index in [0.717, 1.165) is 38.0 Å². The van der Waals surface area contributed by atoms with Gasteiger partial charge in [0, 0.05) is 26.5 Å². The highest BCUT2D eigenvalue weighted by atomic mass is 32.1. The van der Waals surface area contributed by atoms with Gasteiger partial charge in [-0.3, -0.25) is 0 Å². The molecule has 2 heterocycles. The molecule has 42 heavy (non-hydrogen) atoms. The van der Waals surface area contributed by atoms with Crippen LogP contribution in [-0.4, -0.2) is 0 Å². The number of hydrogen-bond acceptors (Lipinski definition) is 5. The molecule has 0 fully saturated rings. The van der Waals surface area contributed by atoms with Crippen molar-refractivity contribution in [1.29, 1.82) is 15.8 Å². The molecule has 0 bridgehead atoms. The van der Waals surface area contributed by atoms with E-state index < -0.39 is 0 Å². The predicted octanol–water partition coefficient (Wildman–Crippen LogP) is 9.21. The van der Waals surface area contributed by atoms with Crippen molar-refractivity contribution < 1.29 is 4.74 Å². The van der Waals surface area contributed by atoms with Gasteiger partial charge in [-0.05, 0) is 53.6 Å². The molecule has 4 aromatic rings. The molecule has 0 atom stereocenters. The maximum Gasteiger partial charge on any atom is 0.138 e. The highest BCUT2D eigenvalue weighted by Crippen LogP contribution is 2.34. The second kappa shape index (κ2) is 13.4. The van der Waals surface area contributed by atoms with Crippen LogP contribution in [0.5, 0.6) is 0 Å². The summed E-state index contributed by atoms with van der Waals surface area (Å²) in [6, 6.07) is 39.1. The van der Waals surface area contributed by atoms with Gasteiger partial charge >= 0.3 is 0 Å². The maximum absolute atomic E-state index is 9.86. The first-order chi connectivity index (χ1) is 20.7. The summed E-state index contributed by atoms with van der Waals surface area (Å²) in [5.41, 5.74) is 4.12. The summed E-state index contributed by atoms with van der Waals surface area (Å²) in [5, 5.41) is 28.9. The molecule has 4 nitrogen and oxygen atoms in total. The van der Waals surface area contributed by atoms with Crippen LogP contribution in [0.3, 0.4) is 0 Å². The van der Waals surface area contributed by atoms with Crippen LogP contribution in [0, 0.1) is 34.0 Å². The zero-order valence-electron chi connectivity index (χ0n) is 22.4. The van der Waals surface area contributed by atoms with Gasteiger partial charge in [-0.15, -0.1) is 11.3 Å². The average Bonchev–Trinajstić information content (AvgIpc) is 3.50. The summed E-state index contributed by atoms with van der Waals surface area (Å²) in [7, 11) is 0. The number of nitrogens with zero attached hydrogens (tertiary/aromatic N) is 3. The zero-order valence-corrected chi connectivity index (χ0v) is 23.3. The Kier molecular flexibility index (Phi) is 8.83. The largest absolute Gasteiger partial charge is 0.456 e. The maximum atomic E-state index is 9.86. The molecule has 198 valence electrons. The summed E-state index contributed by atoms with van der Waals surface area (Å²) in [6.07, 6.45) is 11.5. The number of nitriles is 3. The Hall–Kier alpha value is -5.93. The highest BCUT2D eigenvalue weighted by Gasteiger charge is 2.16. The predicted molar refractivity (Wildman–Crippen MR) is 170 cm³/mol. The standard InChI is InChI=1S/C37H23N3OS/c38-24-31(37(32(25-39)26-40)30-15-8-3-9-16-30)17-10-18-33-19-20-34(42-33)21-27-22-35(28-11-4-1-5-12-28)41-36(23-27)29-13-6-2-7-14-29/h1-23H/b18-10+,31-17+. The fraction of sp³-hybridized carbons (Fsp3) is 0. The van der Waals surface area contributed by atoms with Crippen LogP contribution in [0.4, 0.5) is 0 Å².